The van der Waals surface area contributed by atoms with Gasteiger partial charge in [-0.05, 0) is 26.1 Å². The molecule has 20 heavy (non-hydrogen) atoms. The van der Waals surface area contributed by atoms with Crippen molar-refractivity contribution in [3.8, 4) is 10.6 Å². The molecule has 0 saturated carbocycles. The first-order valence-corrected chi connectivity index (χ1v) is 7.78. The van der Waals surface area contributed by atoms with Crippen LogP contribution in [0.2, 0.25) is 0 Å². The Kier molecular flexibility index (Phi) is 4.91. The third-order valence-electron chi connectivity index (χ3n) is 3.05. The molecule has 0 radical (unpaired) electrons. The molecule has 1 atom stereocenters. The zero-order valence-electron chi connectivity index (χ0n) is 11.2. The average molecular weight is 355 g/mol. The molecule has 6 heteroatoms. The summed E-state index contributed by atoms with van der Waals surface area (Å²) in [5.41, 5.74) is 1.95. The maximum atomic E-state index is 10.9. The SMILES string of the molecule is CC(C(=O)O)N(C)Cc1csc(-c2cccc(Br)c2)n1. The van der Waals surface area contributed by atoms with Gasteiger partial charge in [0.2, 0.25) is 0 Å². The first-order valence-electron chi connectivity index (χ1n) is 6.11. The summed E-state index contributed by atoms with van der Waals surface area (Å²) in [5.74, 6) is -0.824. The summed E-state index contributed by atoms with van der Waals surface area (Å²) >= 11 is 5.01. The van der Waals surface area contributed by atoms with Crippen LogP contribution in [0.5, 0.6) is 0 Å². The molecule has 0 aliphatic carbocycles. The van der Waals surface area contributed by atoms with Gasteiger partial charge in [-0.3, -0.25) is 9.69 Å². The van der Waals surface area contributed by atoms with Crippen LogP contribution in [0.15, 0.2) is 34.1 Å². The lowest BCUT2D eigenvalue weighted by Gasteiger charge is -2.19. The first kappa shape index (κ1) is 15.2. The Bertz CT molecular complexity index is 615. The maximum Gasteiger partial charge on any atom is 0.320 e. The molecule has 0 amide bonds. The Hall–Kier alpha value is -1.24. The van der Waals surface area contributed by atoms with Gasteiger partial charge in [0.1, 0.15) is 11.0 Å². The van der Waals surface area contributed by atoms with Crippen LogP contribution in [-0.2, 0) is 11.3 Å². The molecular weight excluding hydrogens is 340 g/mol. The van der Waals surface area contributed by atoms with Crippen molar-refractivity contribution in [1.82, 2.24) is 9.88 Å². The molecule has 4 nitrogen and oxygen atoms in total. The molecule has 2 aromatic rings. The minimum Gasteiger partial charge on any atom is -0.480 e. The number of hydrogen-bond acceptors (Lipinski definition) is 4. The summed E-state index contributed by atoms with van der Waals surface area (Å²) in [6, 6.07) is 7.45. The van der Waals surface area contributed by atoms with Crippen LogP contribution in [0.4, 0.5) is 0 Å². The lowest BCUT2D eigenvalue weighted by molar-refractivity contribution is -0.142. The van der Waals surface area contributed by atoms with E-state index in [4.69, 9.17) is 5.11 Å². The Balaban J connectivity index is 2.11. The number of thiazole rings is 1. The second-order valence-electron chi connectivity index (χ2n) is 4.58. The van der Waals surface area contributed by atoms with Crippen molar-refractivity contribution >= 4 is 33.2 Å². The highest BCUT2D eigenvalue weighted by molar-refractivity contribution is 9.10. The van der Waals surface area contributed by atoms with Gasteiger partial charge in [0, 0.05) is 22.0 Å². The number of aromatic nitrogens is 1. The Morgan fingerprint density at radius 3 is 2.95 bits per heavy atom. The van der Waals surface area contributed by atoms with Crippen LogP contribution in [0.1, 0.15) is 12.6 Å². The fraction of sp³-hybridized carbons (Fsp3) is 0.286. The summed E-state index contributed by atoms with van der Waals surface area (Å²) in [5, 5.41) is 11.9. The smallest absolute Gasteiger partial charge is 0.320 e. The monoisotopic (exact) mass is 354 g/mol. The number of nitrogens with zero attached hydrogens (tertiary/aromatic N) is 2. The lowest BCUT2D eigenvalue weighted by Crippen LogP contribution is -2.35. The van der Waals surface area contributed by atoms with Gasteiger partial charge in [-0.1, -0.05) is 28.1 Å². The van der Waals surface area contributed by atoms with E-state index in [1.165, 1.54) is 0 Å². The van der Waals surface area contributed by atoms with Crippen LogP contribution >= 0.6 is 27.3 Å². The summed E-state index contributed by atoms with van der Waals surface area (Å²) < 4.78 is 1.02. The van der Waals surface area contributed by atoms with Crippen molar-refractivity contribution in [1.29, 1.82) is 0 Å². The maximum absolute atomic E-state index is 10.9. The Morgan fingerprint density at radius 1 is 1.55 bits per heavy atom. The quantitative estimate of drug-likeness (QED) is 0.892. The highest BCUT2D eigenvalue weighted by Crippen LogP contribution is 2.26. The molecule has 0 aliphatic rings. The zero-order valence-corrected chi connectivity index (χ0v) is 13.6. The number of halogens is 1. The number of benzene rings is 1. The van der Waals surface area contributed by atoms with Crippen LogP contribution < -0.4 is 0 Å². The Labute approximate surface area is 130 Å². The molecule has 1 N–H and O–H groups in total. The summed E-state index contributed by atoms with van der Waals surface area (Å²) in [6.45, 7) is 2.20. The molecule has 0 spiro atoms. The normalized spacial score (nSPS) is 12.6. The number of aliphatic carboxylic acids is 1. The fourth-order valence-corrected chi connectivity index (χ4v) is 2.92. The van der Waals surface area contributed by atoms with Crippen LogP contribution in [-0.4, -0.2) is 34.0 Å². The van der Waals surface area contributed by atoms with E-state index in [1.807, 2.05) is 29.6 Å². The predicted molar refractivity (Wildman–Crippen MR) is 83.8 cm³/mol. The highest BCUT2D eigenvalue weighted by atomic mass is 79.9. The standard InChI is InChI=1S/C14H15BrN2O2S/c1-9(14(18)19)17(2)7-12-8-20-13(16-12)10-4-3-5-11(15)6-10/h3-6,8-9H,7H2,1-2H3,(H,18,19). The third-order valence-corrected chi connectivity index (χ3v) is 4.49. The zero-order chi connectivity index (χ0) is 14.7. The van der Waals surface area contributed by atoms with Gasteiger partial charge in [-0.15, -0.1) is 11.3 Å². The van der Waals surface area contributed by atoms with Gasteiger partial charge in [0.15, 0.2) is 0 Å². The van der Waals surface area contributed by atoms with Crippen molar-refractivity contribution in [3.63, 3.8) is 0 Å². The molecule has 0 saturated heterocycles. The molecule has 0 bridgehead atoms. The third kappa shape index (κ3) is 3.65. The van der Waals surface area contributed by atoms with Crippen molar-refractivity contribution in [2.45, 2.75) is 19.5 Å². The second-order valence-corrected chi connectivity index (χ2v) is 6.36. The van der Waals surface area contributed by atoms with Gasteiger partial charge in [0.25, 0.3) is 0 Å². The van der Waals surface area contributed by atoms with Crippen LogP contribution in [0.25, 0.3) is 10.6 Å². The van der Waals surface area contributed by atoms with E-state index >= 15 is 0 Å². The van der Waals surface area contributed by atoms with Gasteiger partial charge in [-0.2, -0.15) is 0 Å². The lowest BCUT2D eigenvalue weighted by atomic mass is 10.2. The molecule has 0 aliphatic heterocycles. The molecule has 2 rings (SSSR count). The van der Waals surface area contributed by atoms with Crippen molar-refractivity contribution < 1.29 is 9.90 Å². The minimum atomic E-state index is -0.824. The van der Waals surface area contributed by atoms with Crippen molar-refractivity contribution in [3.05, 3.63) is 39.8 Å². The van der Waals surface area contributed by atoms with Gasteiger partial charge < -0.3 is 5.11 Å². The molecule has 1 unspecified atom stereocenters. The van der Waals surface area contributed by atoms with E-state index in [9.17, 15) is 4.79 Å². The van der Waals surface area contributed by atoms with E-state index in [0.717, 1.165) is 20.7 Å². The summed E-state index contributed by atoms with van der Waals surface area (Å²) in [6.07, 6.45) is 0. The number of carboxylic acid groups (broad SMARTS) is 1. The number of carboxylic acids is 1. The first-order chi connectivity index (χ1) is 9.47. The van der Waals surface area contributed by atoms with E-state index < -0.39 is 12.0 Å². The van der Waals surface area contributed by atoms with Crippen LogP contribution in [0, 0.1) is 0 Å². The molecule has 1 heterocycles. The molecular formula is C14H15BrN2O2S. The topological polar surface area (TPSA) is 53.4 Å². The average Bonchev–Trinajstić information content (AvgIpc) is 2.86. The van der Waals surface area contributed by atoms with Crippen molar-refractivity contribution in [2.24, 2.45) is 0 Å². The van der Waals surface area contributed by atoms with E-state index in [2.05, 4.69) is 20.9 Å². The van der Waals surface area contributed by atoms with Crippen molar-refractivity contribution in [2.75, 3.05) is 7.05 Å². The van der Waals surface area contributed by atoms with E-state index in [-0.39, 0.29) is 0 Å². The number of hydrogen-bond donors (Lipinski definition) is 1. The van der Waals surface area contributed by atoms with E-state index in [1.54, 1.807) is 30.2 Å². The number of rotatable bonds is 5. The molecule has 106 valence electrons. The molecule has 1 aromatic carbocycles. The van der Waals surface area contributed by atoms with Gasteiger partial charge >= 0.3 is 5.97 Å². The molecule has 1 aromatic heterocycles. The summed E-state index contributed by atoms with van der Waals surface area (Å²) in [4.78, 5) is 17.3. The van der Waals surface area contributed by atoms with Gasteiger partial charge in [0.05, 0.1) is 5.69 Å². The highest BCUT2D eigenvalue weighted by Gasteiger charge is 2.17. The van der Waals surface area contributed by atoms with Gasteiger partial charge in [-0.25, -0.2) is 4.98 Å². The van der Waals surface area contributed by atoms with E-state index in [0.29, 0.717) is 6.54 Å². The summed E-state index contributed by atoms with van der Waals surface area (Å²) in [7, 11) is 1.79. The Morgan fingerprint density at radius 2 is 2.30 bits per heavy atom. The largest absolute Gasteiger partial charge is 0.480 e. The minimum absolute atomic E-state index is 0.522. The fourth-order valence-electron chi connectivity index (χ4n) is 1.71. The number of likely N-dealkylation sites (N-methyl/N-ethyl adjacent to an activating group) is 1. The predicted octanol–water partition coefficient (Wildman–Crippen LogP) is 3.48. The molecule has 0 fully saturated rings. The van der Waals surface area contributed by atoms with Crippen LogP contribution in [0.3, 0.4) is 0 Å². The number of carbonyl (C=O) groups is 1. The second kappa shape index (κ2) is 6.47.